The van der Waals surface area contributed by atoms with Gasteiger partial charge in [0.05, 0.1) is 29.6 Å². The third-order valence-corrected chi connectivity index (χ3v) is 7.92. The number of hydrogen-bond donors (Lipinski definition) is 3. The molecule has 9 nitrogen and oxygen atoms in total. The Morgan fingerprint density at radius 2 is 1.74 bits per heavy atom. The molecule has 2 aliphatic rings. The highest BCUT2D eigenvalue weighted by atomic mass is 32.3. The largest absolute Gasteiger partial charge is 0.416 e. The van der Waals surface area contributed by atoms with E-state index in [1.54, 1.807) is 9.80 Å². The SMILES string of the molecule is O=C(N1CCS(O)(O)CC1)N1CC(c2ccc(C(F)(F)F)cc2)CC(c2nc(CCO)no2)C1. The van der Waals surface area contributed by atoms with Crippen molar-refractivity contribution in [1.82, 2.24) is 19.9 Å². The van der Waals surface area contributed by atoms with Crippen LogP contribution in [0.3, 0.4) is 0 Å². The van der Waals surface area contributed by atoms with E-state index in [4.69, 9.17) is 9.63 Å². The van der Waals surface area contributed by atoms with Gasteiger partial charge in [0.1, 0.15) is 0 Å². The molecule has 13 heteroatoms. The van der Waals surface area contributed by atoms with Crippen LogP contribution in [0.1, 0.15) is 41.1 Å². The van der Waals surface area contributed by atoms with Crippen molar-refractivity contribution < 1.29 is 36.7 Å². The molecule has 0 spiro atoms. The quantitative estimate of drug-likeness (QED) is 0.583. The number of hydrogen-bond acceptors (Lipinski definition) is 7. The molecule has 1 aromatic carbocycles. The van der Waals surface area contributed by atoms with Crippen LogP contribution in [-0.4, -0.2) is 84.5 Å². The predicted molar refractivity (Wildman–Crippen MR) is 118 cm³/mol. The Labute approximate surface area is 195 Å². The maximum Gasteiger partial charge on any atom is 0.416 e. The number of nitrogens with zero attached hydrogens (tertiary/aromatic N) is 4. The zero-order valence-corrected chi connectivity index (χ0v) is 19.1. The summed E-state index contributed by atoms with van der Waals surface area (Å²) in [5, 5.41) is 13.0. The van der Waals surface area contributed by atoms with Crippen molar-refractivity contribution in [2.24, 2.45) is 0 Å². The zero-order valence-electron chi connectivity index (χ0n) is 18.3. The first-order valence-electron chi connectivity index (χ1n) is 10.9. The van der Waals surface area contributed by atoms with Gasteiger partial charge in [0.2, 0.25) is 5.89 Å². The van der Waals surface area contributed by atoms with Crippen LogP contribution in [-0.2, 0) is 12.6 Å². The molecule has 0 bridgehead atoms. The number of aliphatic hydroxyl groups excluding tert-OH is 1. The molecule has 188 valence electrons. The van der Waals surface area contributed by atoms with Crippen LogP contribution in [0.5, 0.6) is 0 Å². The van der Waals surface area contributed by atoms with Crippen molar-refractivity contribution in [3.8, 4) is 0 Å². The van der Waals surface area contributed by atoms with Crippen LogP contribution >= 0.6 is 10.6 Å². The summed E-state index contributed by atoms with van der Waals surface area (Å²) < 4.78 is 64.1. The summed E-state index contributed by atoms with van der Waals surface area (Å²) in [5.41, 5.74) is -0.0761. The van der Waals surface area contributed by atoms with Crippen LogP contribution in [0.15, 0.2) is 28.8 Å². The Balaban J connectivity index is 1.56. The molecule has 2 aliphatic heterocycles. The lowest BCUT2D eigenvalue weighted by molar-refractivity contribution is -0.137. The van der Waals surface area contributed by atoms with Crippen LogP contribution in [0.25, 0.3) is 0 Å². The summed E-state index contributed by atoms with van der Waals surface area (Å²) >= 11 is 0. The lowest BCUT2D eigenvalue weighted by atomic mass is 9.84. The fraction of sp³-hybridized carbons (Fsp3) is 0.571. The number of alkyl halides is 3. The van der Waals surface area contributed by atoms with E-state index in [9.17, 15) is 27.1 Å². The van der Waals surface area contributed by atoms with Gasteiger partial charge in [0, 0.05) is 38.5 Å². The van der Waals surface area contributed by atoms with Gasteiger partial charge in [-0.25, -0.2) is 4.79 Å². The fourth-order valence-electron chi connectivity index (χ4n) is 4.37. The Morgan fingerprint density at radius 1 is 1.09 bits per heavy atom. The van der Waals surface area contributed by atoms with Gasteiger partial charge in [-0.2, -0.15) is 28.7 Å². The molecule has 2 atom stereocenters. The van der Waals surface area contributed by atoms with Gasteiger partial charge in [-0.1, -0.05) is 17.3 Å². The molecular formula is C21H27F3N4O5S. The molecule has 1 aromatic heterocycles. The van der Waals surface area contributed by atoms with E-state index in [0.717, 1.165) is 12.1 Å². The zero-order chi connectivity index (χ0) is 24.5. The first kappa shape index (κ1) is 24.8. The molecule has 4 rings (SSSR count). The number of urea groups is 1. The van der Waals surface area contributed by atoms with Crippen molar-refractivity contribution in [3.63, 3.8) is 0 Å². The highest BCUT2D eigenvalue weighted by Gasteiger charge is 2.38. The van der Waals surface area contributed by atoms with Crippen molar-refractivity contribution >= 4 is 16.6 Å². The van der Waals surface area contributed by atoms with E-state index in [2.05, 4.69) is 10.1 Å². The van der Waals surface area contributed by atoms with Gasteiger partial charge in [0.25, 0.3) is 0 Å². The number of aromatic nitrogens is 2. The monoisotopic (exact) mass is 504 g/mol. The highest BCUT2D eigenvalue weighted by molar-refractivity contribution is 8.24. The summed E-state index contributed by atoms with van der Waals surface area (Å²) in [5.74, 6) is 0.288. The molecule has 2 aromatic rings. The minimum atomic E-state index is -4.44. The van der Waals surface area contributed by atoms with E-state index < -0.39 is 22.3 Å². The summed E-state index contributed by atoms with van der Waals surface area (Å²) in [6.45, 7) is 0.869. The van der Waals surface area contributed by atoms with Crippen LogP contribution in [0.2, 0.25) is 0 Å². The molecular weight excluding hydrogens is 477 g/mol. The number of halogens is 3. The van der Waals surface area contributed by atoms with Crippen LogP contribution < -0.4 is 0 Å². The van der Waals surface area contributed by atoms with Gasteiger partial charge in [0.15, 0.2) is 5.82 Å². The Morgan fingerprint density at radius 3 is 2.35 bits per heavy atom. The third kappa shape index (κ3) is 5.65. The number of likely N-dealkylation sites (tertiary alicyclic amines) is 1. The molecule has 3 heterocycles. The van der Waals surface area contributed by atoms with Crippen molar-refractivity contribution in [2.45, 2.75) is 30.9 Å². The van der Waals surface area contributed by atoms with Gasteiger partial charge < -0.3 is 19.4 Å². The lowest BCUT2D eigenvalue weighted by Gasteiger charge is -2.44. The molecule has 2 unspecified atom stereocenters. The number of carbonyl (C=O) groups excluding carboxylic acids is 1. The van der Waals surface area contributed by atoms with E-state index >= 15 is 0 Å². The maximum absolute atomic E-state index is 13.3. The van der Waals surface area contributed by atoms with E-state index in [1.807, 2.05) is 0 Å². The lowest BCUT2D eigenvalue weighted by Crippen LogP contribution is -2.52. The molecule has 34 heavy (non-hydrogen) atoms. The molecule has 0 saturated carbocycles. The third-order valence-electron chi connectivity index (χ3n) is 6.25. The summed E-state index contributed by atoms with van der Waals surface area (Å²) in [6, 6.07) is 4.66. The first-order valence-corrected chi connectivity index (χ1v) is 12.8. The van der Waals surface area contributed by atoms with E-state index in [1.165, 1.54) is 12.1 Å². The van der Waals surface area contributed by atoms with Crippen molar-refractivity contribution in [2.75, 3.05) is 44.3 Å². The maximum atomic E-state index is 13.3. The number of carbonyl (C=O) groups is 1. The highest BCUT2D eigenvalue weighted by Crippen LogP contribution is 2.41. The van der Waals surface area contributed by atoms with E-state index in [0.29, 0.717) is 30.2 Å². The Hall–Kier alpha value is -2.35. The number of amides is 2. The normalized spacial score (nSPS) is 24.2. The number of rotatable bonds is 4. The smallest absolute Gasteiger partial charge is 0.396 e. The van der Waals surface area contributed by atoms with Crippen LogP contribution in [0, 0.1) is 0 Å². The molecule has 0 radical (unpaired) electrons. The topological polar surface area (TPSA) is 123 Å². The summed E-state index contributed by atoms with van der Waals surface area (Å²) in [4.78, 5) is 20.8. The standard InChI is InChI=1S/C21H27F3N4O5S/c22-21(23,24)17-3-1-14(2-4-17)15-11-16(19-25-18(5-8-29)26-33-19)13-28(12-15)20(30)27-6-9-34(31,32)10-7-27/h1-4,15-16,29,31-32H,5-13H2. The fourth-order valence-corrected chi connectivity index (χ4v) is 5.60. The van der Waals surface area contributed by atoms with E-state index in [-0.39, 0.29) is 62.0 Å². The molecule has 2 amide bonds. The van der Waals surface area contributed by atoms with Crippen molar-refractivity contribution in [3.05, 3.63) is 47.1 Å². The second kappa shape index (κ2) is 9.72. The first-order chi connectivity index (χ1) is 16.1. The van der Waals surface area contributed by atoms with Crippen LogP contribution in [0.4, 0.5) is 18.0 Å². The predicted octanol–water partition coefficient (Wildman–Crippen LogP) is 3.38. The Bertz CT molecular complexity index is 991. The number of benzene rings is 1. The molecule has 2 saturated heterocycles. The minimum Gasteiger partial charge on any atom is -0.396 e. The number of aliphatic hydroxyl groups is 1. The van der Waals surface area contributed by atoms with Gasteiger partial charge in [-0.3, -0.25) is 9.11 Å². The Kier molecular flexibility index (Phi) is 7.08. The summed E-state index contributed by atoms with van der Waals surface area (Å²) in [6.07, 6.45) is -3.72. The number of piperidine rings is 1. The van der Waals surface area contributed by atoms with Gasteiger partial charge >= 0.3 is 12.2 Å². The molecule has 0 aliphatic carbocycles. The second-order valence-corrected chi connectivity index (χ2v) is 11.1. The average Bonchev–Trinajstić information content (AvgIpc) is 3.27. The minimum absolute atomic E-state index is 0.118. The summed E-state index contributed by atoms with van der Waals surface area (Å²) in [7, 11) is -2.66. The van der Waals surface area contributed by atoms with Gasteiger partial charge in [-0.05, 0) is 24.1 Å². The molecule has 2 fully saturated rings. The molecule has 3 N–H and O–H groups in total. The second-order valence-electron chi connectivity index (χ2n) is 8.66. The van der Waals surface area contributed by atoms with Gasteiger partial charge in [-0.15, -0.1) is 0 Å². The van der Waals surface area contributed by atoms with Crippen molar-refractivity contribution in [1.29, 1.82) is 0 Å². The average molecular weight is 505 g/mol.